The maximum Gasteiger partial charge on any atom is 0.336 e. The molecule has 0 aliphatic carbocycles. The van der Waals surface area contributed by atoms with Crippen molar-refractivity contribution in [1.29, 1.82) is 0 Å². The van der Waals surface area contributed by atoms with Gasteiger partial charge in [-0.3, -0.25) is 9.79 Å². The molecule has 0 amide bonds. The number of nitrogens with one attached hydrogen (secondary N) is 1. The van der Waals surface area contributed by atoms with E-state index in [1.54, 1.807) is 0 Å². The number of unbranched alkanes of at least 4 members (excludes halogenated alkanes) is 12. The highest BCUT2D eigenvalue weighted by atomic mass is 16.6. The first-order valence-electron chi connectivity index (χ1n) is 11.2. The summed E-state index contributed by atoms with van der Waals surface area (Å²) >= 11 is 0. The molecule has 1 aliphatic heterocycles. The molecule has 1 rings (SSSR count). The monoisotopic (exact) mass is 380 g/mol. The van der Waals surface area contributed by atoms with Gasteiger partial charge >= 0.3 is 11.9 Å². The van der Waals surface area contributed by atoms with Crippen LogP contribution in [0.3, 0.4) is 0 Å². The van der Waals surface area contributed by atoms with Gasteiger partial charge in [-0.1, -0.05) is 84.0 Å². The molecule has 1 unspecified atom stereocenters. The van der Waals surface area contributed by atoms with Crippen LogP contribution in [0.1, 0.15) is 110 Å². The summed E-state index contributed by atoms with van der Waals surface area (Å²) in [4.78, 5) is 27.9. The molecule has 0 aromatic rings. The fraction of sp³-hybridized carbons (Fsp3) is 0.864. The van der Waals surface area contributed by atoms with Gasteiger partial charge in [-0.05, 0) is 19.8 Å². The zero-order valence-corrected chi connectivity index (χ0v) is 17.6. The number of hydrogen-bond acceptors (Lipinski definition) is 5. The third-order valence-electron chi connectivity index (χ3n) is 5.13. The molecule has 0 bridgehead atoms. The molecule has 1 heterocycles. The fourth-order valence-corrected chi connectivity index (χ4v) is 3.43. The van der Waals surface area contributed by atoms with E-state index in [4.69, 9.17) is 4.74 Å². The molecule has 156 valence electrons. The third kappa shape index (κ3) is 12.6. The molecular weight excluding hydrogens is 340 g/mol. The zero-order chi connectivity index (χ0) is 19.7. The molecule has 27 heavy (non-hydrogen) atoms. The smallest absolute Gasteiger partial charge is 0.336 e. The fourth-order valence-electron chi connectivity index (χ4n) is 3.43. The van der Waals surface area contributed by atoms with E-state index in [0.29, 0.717) is 19.4 Å². The second-order valence-electron chi connectivity index (χ2n) is 7.74. The lowest BCUT2D eigenvalue weighted by Gasteiger charge is -2.20. The van der Waals surface area contributed by atoms with Crippen LogP contribution >= 0.6 is 0 Å². The Morgan fingerprint density at radius 2 is 1.44 bits per heavy atom. The summed E-state index contributed by atoms with van der Waals surface area (Å²) in [5.41, 5.74) is 0. The zero-order valence-electron chi connectivity index (χ0n) is 17.6. The van der Waals surface area contributed by atoms with Crippen LogP contribution in [0.5, 0.6) is 0 Å². The molecule has 0 spiro atoms. The van der Waals surface area contributed by atoms with Gasteiger partial charge in [-0.25, -0.2) is 4.79 Å². The van der Waals surface area contributed by atoms with E-state index in [2.05, 4.69) is 17.2 Å². The number of nitrogens with zero attached hydrogens (tertiary/aromatic N) is 1. The van der Waals surface area contributed by atoms with Crippen LogP contribution in [0.15, 0.2) is 4.99 Å². The Morgan fingerprint density at radius 3 is 1.96 bits per heavy atom. The second kappa shape index (κ2) is 15.6. The summed E-state index contributed by atoms with van der Waals surface area (Å²) in [5, 5.41) is 2.96. The van der Waals surface area contributed by atoms with Crippen LogP contribution in [0, 0.1) is 0 Å². The van der Waals surface area contributed by atoms with Crippen molar-refractivity contribution >= 4 is 17.8 Å². The Balaban J connectivity index is 1.88. The van der Waals surface area contributed by atoms with Crippen LogP contribution < -0.4 is 5.32 Å². The van der Waals surface area contributed by atoms with Crippen molar-refractivity contribution < 1.29 is 14.3 Å². The van der Waals surface area contributed by atoms with E-state index in [1.165, 1.54) is 64.2 Å². The number of rotatable bonds is 15. The maximum absolute atomic E-state index is 11.9. The standard InChI is InChI=1S/C22H40N2O3/c1-3-4-5-6-7-8-9-10-11-12-13-14-15-16-21(25)27-22(26)20-17-18-23-19(2)24-20/h20H,3-18H2,1-2H3,(H,23,24). The number of aliphatic imine (C=N–C) groups is 1. The summed E-state index contributed by atoms with van der Waals surface area (Å²) in [6.45, 7) is 4.68. The number of hydrogen-bond donors (Lipinski definition) is 1. The van der Waals surface area contributed by atoms with Gasteiger partial charge < -0.3 is 10.1 Å². The molecule has 0 aromatic carbocycles. The van der Waals surface area contributed by atoms with Gasteiger partial charge in [0.05, 0.1) is 5.84 Å². The normalized spacial score (nSPS) is 16.5. The van der Waals surface area contributed by atoms with Gasteiger partial charge in [0, 0.05) is 13.0 Å². The Bertz CT molecular complexity index is 449. The number of carbonyl (C=O) groups excluding carboxylic acids is 2. The van der Waals surface area contributed by atoms with Crippen LogP contribution in [0.25, 0.3) is 0 Å². The second-order valence-corrected chi connectivity index (χ2v) is 7.74. The number of ether oxygens (including phenoxy) is 1. The predicted octanol–water partition coefficient (Wildman–Crippen LogP) is 5.32. The predicted molar refractivity (Wildman–Crippen MR) is 111 cm³/mol. The minimum atomic E-state index is -0.469. The highest BCUT2D eigenvalue weighted by Gasteiger charge is 2.24. The molecule has 5 heteroatoms. The Morgan fingerprint density at radius 1 is 0.926 bits per heavy atom. The van der Waals surface area contributed by atoms with Crippen molar-refractivity contribution in [3.05, 3.63) is 0 Å². The quantitative estimate of drug-likeness (QED) is 0.237. The van der Waals surface area contributed by atoms with Crippen LogP contribution in [-0.2, 0) is 14.3 Å². The summed E-state index contributed by atoms with van der Waals surface area (Å²) in [7, 11) is 0. The van der Waals surface area contributed by atoms with Crippen LogP contribution in [-0.4, -0.2) is 30.4 Å². The summed E-state index contributed by atoms with van der Waals surface area (Å²) in [5.74, 6) is -0.138. The molecule has 0 radical (unpaired) electrons. The summed E-state index contributed by atoms with van der Waals surface area (Å²) in [6.07, 6.45) is 17.4. The minimum absolute atomic E-state index is 0.337. The van der Waals surface area contributed by atoms with E-state index in [-0.39, 0.29) is 0 Å². The molecule has 1 aliphatic rings. The van der Waals surface area contributed by atoms with Gasteiger partial charge in [0.1, 0.15) is 6.04 Å². The summed E-state index contributed by atoms with van der Waals surface area (Å²) < 4.78 is 4.95. The van der Waals surface area contributed by atoms with Crippen molar-refractivity contribution in [2.75, 3.05) is 6.54 Å². The first-order chi connectivity index (χ1) is 13.1. The Hall–Kier alpha value is -1.39. The van der Waals surface area contributed by atoms with E-state index < -0.39 is 18.0 Å². The number of carbonyl (C=O) groups is 2. The highest BCUT2D eigenvalue weighted by molar-refractivity contribution is 5.92. The van der Waals surface area contributed by atoms with Crippen molar-refractivity contribution in [3.63, 3.8) is 0 Å². The number of esters is 2. The molecule has 1 atom stereocenters. The molecule has 0 fully saturated rings. The van der Waals surface area contributed by atoms with Gasteiger partial charge in [0.25, 0.3) is 0 Å². The van der Waals surface area contributed by atoms with Gasteiger partial charge in [0.2, 0.25) is 0 Å². The van der Waals surface area contributed by atoms with Gasteiger partial charge in [-0.15, -0.1) is 0 Å². The topological polar surface area (TPSA) is 67.8 Å². The average Bonchev–Trinajstić information content (AvgIpc) is 2.65. The van der Waals surface area contributed by atoms with E-state index >= 15 is 0 Å². The average molecular weight is 381 g/mol. The van der Waals surface area contributed by atoms with Gasteiger partial charge in [0.15, 0.2) is 0 Å². The third-order valence-corrected chi connectivity index (χ3v) is 5.13. The first kappa shape index (κ1) is 23.6. The minimum Gasteiger partial charge on any atom is -0.392 e. The Kier molecular flexibility index (Phi) is 13.7. The van der Waals surface area contributed by atoms with Crippen LogP contribution in [0.4, 0.5) is 0 Å². The van der Waals surface area contributed by atoms with Crippen molar-refractivity contribution in [2.45, 2.75) is 116 Å². The van der Waals surface area contributed by atoms with E-state index in [9.17, 15) is 9.59 Å². The van der Waals surface area contributed by atoms with E-state index in [0.717, 1.165) is 25.1 Å². The molecule has 0 saturated carbocycles. The molecule has 1 N–H and O–H groups in total. The first-order valence-corrected chi connectivity index (χ1v) is 11.2. The number of amidine groups is 1. The lowest BCUT2D eigenvalue weighted by atomic mass is 10.0. The Labute approximate surface area is 165 Å². The molecule has 5 nitrogen and oxygen atoms in total. The maximum atomic E-state index is 11.9. The van der Waals surface area contributed by atoms with E-state index in [1.807, 2.05) is 6.92 Å². The van der Waals surface area contributed by atoms with Gasteiger partial charge in [-0.2, -0.15) is 0 Å². The molecule has 0 saturated heterocycles. The highest BCUT2D eigenvalue weighted by Crippen LogP contribution is 2.13. The van der Waals surface area contributed by atoms with Crippen LogP contribution in [0.2, 0.25) is 0 Å². The largest absolute Gasteiger partial charge is 0.392 e. The molecule has 0 aromatic heterocycles. The SMILES string of the molecule is CCCCCCCCCCCCCCCC(=O)OC(=O)C1CCN=C(C)N1. The molecular formula is C22H40N2O3. The van der Waals surface area contributed by atoms with Crippen molar-refractivity contribution in [2.24, 2.45) is 4.99 Å². The summed E-state index contributed by atoms with van der Waals surface area (Å²) in [6, 6.07) is -0.432. The lowest BCUT2D eigenvalue weighted by molar-refractivity contribution is -0.161. The van der Waals surface area contributed by atoms with Crippen molar-refractivity contribution in [3.8, 4) is 0 Å². The van der Waals surface area contributed by atoms with Crippen molar-refractivity contribution in [1.82, 2.24) is 5.32 Å². The lowest BCUT2D eigenvalue weighted by Crippen LogP contribution is -2.44.